The molecule has 1 amide bonds. The van der Waals surface area contributed by atoms with Crippen molar-refractivity contribution in [3.05, 3.63) is 20.8 Å². The lowest BCUT2D eigenvalue weighted by Gasteiger charge is -2.34. The lowest BCUT2D eigenvalue weighted by molar-refractivity contribution is -0.130. The van der Waals surface area contributed by atoms with E-state index in [0.717, 1.165) is 36.3 Å². The van der Waals surface area contributed by atoms with E-state index in [2.05, 4.69) is 26.9 Å². The first-order chi connectivity index (χ1) is 11.4. The number of hydrogen-bond acceptors (Lipinski definition) is 5. The van der Waals surface area contributed by atoms with E-state index >= 15 is 0 Å². The fraction of sp³-hybridized carbons (Fsp3) is 0.688. The van der Waals surface area contributed by atoms with Crippen LogP contribution in [0, 0.1) is 0 Å². The number of nitrogens with zero attached hydrogens (tertiary/aromatic N) is 2. The van der Waals surface area contributed by atoms with Gasteiger partial charge < -0.3 is 4.90 Å². The van der Waals surface area contributed by atoms with Crippen LogP contribution in [-0.4, -0.2) is 61.8 Å². The molecule has 1 aromatic heterocycles. The van der Waals surface area contributed by atoms with E-state index in [1.165, 1.54) is 4.88 Å². The summed E-state index contributed by atoms with van der Waals surface area (Å²) in [6, 6.07) is 4.15. The largest absolute Gasteiger partial charge is 0.339 e. The third-order valence-electron chi connectivity index (χ3n) is 4.14. The molecule has 1 aliphatic rings. The number of thiophene rings is 1. The van der Waals surface area contributed by atoms with Gasteiger partial charge in [-0.25, -0.2) is 8.42 Å². The van der Waals surface area contributed by atoms with Gasteiger partial charge in [0.05, 0.1) is 9.54 Å². The van der Waals surface area contributed by atoms with Crippen LogP contribution in [0.4, 0.5) is 0 Å². The fourth-order valence-corrected chi connectivity index (χ4v) is 5.61. The van der Waals surface area contributed by atoms with Gasteiger partial charge >= 0.3 is 0 Å². The highest BCUT2D eigenvalue weighted by molar-refractivity contribution is 9.11. The fourth-order valence-electron chi connectivity index (χ4n) is 2.74. The van der Waals surface area contributed by atoms with Crippen molar-refractivity contribution in [2.45, 2.75) is 32.7 Å². The molecule has 0 saturated carbocycles. The van der Waals surface area contributed by atoms with Crippen LogP contribution in [0.25, 0.3) is 0 Å². The Balaban J connectivity index is 1.75. The molecule has 1 aromatic rings. The van der Waals surface area contributed by atoms with Gasteiger partial charge in [0.2, 0.25) is 5.91 Å². The summed E-state index contributed by atoms with van der Waals surface area (Å²) in [5, 5.41) is 0. The van der Waals surface area contributed by atoms with Gasteiger partial charge in [-0.15, -0.1) is 11.3 Å². The second kappa shape index (κ2) is 9.31. The third-order valence-corrected chi connectivity index (χ3v) is 7.34. The van der Waals surface area contributed by atoms with Crippen molar-refractivity contribution in [2.24, 2.45) is 0 Å². The molecular weight excluding hydrogens is 412 g/mol. The number of amides is 1. The molecule has 5 nitrogen and oxygen atoms in total. The first-order valence-electron chi connectivity index (χ1n) is 8.34. The molecule has 1 fully saturated rings. The Morgan fingerprint density at radius 2 is 1.92 bits per heavy atom. The van der Waals surface area contributed by atoms with Gasteiger partial charge in [-0.05, 0) is 34.5 Å². The van der Waals surface area contributed by atoms with Crippen LogP contribution in [0.3, 0.4) is 0 Å². The summed E-state index contributed by atoms with van der Waals surface area (Å²) in [5.41, 5.74) is 0. The van der Waals surface area contributed by atoms with Gasteiger partial charge in [0, 0.05) is 37.6 Å². The molecule has 2 rings (SSSR count). The number of carbonyl (C=O) groups is 1. The Kier molecular flexibility index (Phi) is 7.71. The van der Waals surface area contributed by atoms with Crippen LogP contribution in [0.1, 0.15) is 31.1 Å². The molecule has 2 heterocycles. The zero-order valence-electron chi connectivity index (χ0n) is 14.0. The van der Waals surface area contributed by atoms with E-state index in [4.69, 9.17) is 0 Å². The number of hydrogen-bond donors (Lipinski definition) is 0. The molecule has 0 spiro atoms. The summed E-state index contributed by atoms with van der Waals surface area (Å²) in [7, 11) is -3.27. The lowest BCUT2D eigenvalue weighted by Crippen LogP contribution is -2.49. The number of rotatable bonds is 8. The first-order valence-corrected chi connectivity index (χ1v) is 11.8. The Bertz CT molecular complexity index is 638. The maximum Gasteiger partial charge on any atom is 0.237 e. The Morgan fingerprint density at radius 1 is 1.21 bits per heavy atom. The Morgan fingerprint density at radius 3 is 2.50 bits per heavy atom. The van der Waals surface area contributed by atoms with Crippen LogP contribution >= 0.6 is 27.3 Å². The van der Waals surface area contributed by atoms with Crippen molar-refractivity contribution in [1.82, 2.24) is 9.80 Å². The molecule has 0 radical (unpaired) electrons. The van der Waals surface area contributed by atoms with Gasteiger partial charge in [0.25, 0.3) is 0 Å². The van der Waals surface area contributed by atoms with E-state index < -0.39 is 9.84 Å². The summed E-state index contributed by atoms with van der Waals surface area (Å²) < 4.78 is 25.1. The highest BCUT2D eigenvalue weighted by atomic mass is 79.9. The maximum absolute atomic E-state index is 12.2. The molecule has 136 valence electrons. The molecule has 0 atom stereocenters. The van der Waals surface area contributed by atoms with Gasteiger partial charge in [-0.1, -0.05) is 19.8 Å². The third kappa shape index (κ3) is 6.46. The second-order valence-electron chi connectivity index (χ2n) is 6.16. The number of sulfone groups is 1. The van der Waals surface area contributed by atoms with Crippen molar-refractivity contribution < 1.29 is 13.2 Å². The van der Waals surface area contributed by atoms with E-state index in [1.807, 2.05) is 13.0 Å². The summed E-state index contributed by atoms with van der Waals surface area (Å²) in [5.74, 6) is -0.459. The smallest absolute Gasteiger partial charge is 0.237 e. The lowest BCUT2D eigenvalue weighted by atomic mass is 10.3. The molecule has 1 saturated heterocycles. The Labute approximate surface area is 157 Å². The monoisotopic (exact) mass is 436 g/mol. The number of piperazine rings is 1. The maximum atomic E-state index is 12.2. The quantitative estimate of drug-likeness (QED) is 0.587. The van der Waals surface area contributed by atoms with Gasteiger partial charge in [0.1, 0.15) is 5.75 Å². The highest BCUT2D eigenvalue weighted by Gasteiger charge is 2.25. The molecule has 0 aliphatic carbocycles. The predicted molar refractivity (Wildman–Crippen MR) is 102 cm³/mol. The van der Waals surface area contributed by atoms with Crippen molar-refractivity contribution in [2.75, 3.05) is 37.7 Å². The minimum absolute atomic E-state index is 0.125. The molecule has 24 heavy (non-hydrogen) atoms. The topological polar surface area (TPSA) is 57.7 Å². The normalized spacial score (nSPS) is 16.5. The molecule has 0 bridgehead atoms. The number of halogens is 1. The molecule has 8 heteroatoms. The average molecular weight is 437 g/mol. The van der Waals surface area contributed by atoms with E-state index in [1.54, 1.807) is 16.2 Å². The van der Waals surface area contributed by atoms with E-state index in [0.29, 0.717) is 19.5 Å². The predicted octanol–water partition coefficient (Wildman–Crippen LogP) is 2.76. The zero-order chi connectivity index (χ0) is 17.6. The van der Waals surface area contributed by atoms with E-state index in [9.17, 15) is 13.2 Å². The van der Waals surface area contributed by atoms with Crippen molar-refractivity contribution in [3.8, 4) is 0 Å². The Hall–Kier alpha value is -0.440. The van der Waals surface area contributed by atoms with Gasteiger partial charge in [0.15, 0.2) is 9.84 Å². The summed E-state index contributed by atoms with van der Waals surface area (Å²) in [4.78, 5) is 17.5. The van der Waals surface area contributed by atoms with Crippen molar-refractivity contribution >= 4 is 43.0 Å². The second-order valence-corrected chi connectivity index (χ2v) is 10.9. The summed E-state index contributed by atoms with van der Waals surface area (Å²) in [6.45, 7) is 5.71. The molecular formula is C16H25BrN2O3S2. The zero-order valence-corrected chi connectivity index (χ0v) is 17.3. The molecule has 1 aliphatic heterocycles. The van der Waals surface area contributed by atoms with Crippen molar-refractivity contribution in [1.29, 1.82) is 0 Å². The number of unbranched alkanes of at least 4 members (excludes halogenated alkanes) is 2. The van der Waals surface area contributed by atoms with Gasteiger partial charge in [-0.3, -0.25) is 9.69 Å². The summed E-state index contributed by atoms with van der Waals surface area (Å²) >= 11 is 5.19. The van der Waals surface area contributed by atoms with Crippen LogP contribution in [0.2, 0.25) is 0 Å². The van der Waals surface area contributed by atoms with Gasteiger partial charge in [-0.2, -0.15) is 0 Å². The number of carbonyl (C=O) groups excluding carboxylic acids is 1. The van der Waals surface area contributed by atoms with Crippen LogP contribution in [0.15, 0.2) is 15.9 Å². The SMILES string of the molecule is CCCCCS(=O)(=O)CC(=O)N1CCN(Cc2ccc(Br)s2)CC1. The first kappa shape index (κ1) is 19.9. The summed E-state index contributed by atoms with van der Waals surface area (Å²) in [6.07, 6.45) is 2.52. The van der Waals surface area contributed by atoms with Crippen LogP contribution in [0.5, 0.6) is 0 Å². The minimum atomic E-state index is -3.27. The molecule has 0 aromatic carbocycles. The van der Waals surface area contributed by atoms with Crippen LogP contribution < -0.4 is 0 Å². The average Bonchev–Trinajstić information content (AvgIpc) is 2.92. The molecule has 0 N–H and O–H groups in total. The van der Waals surface area contributed by atoms with E-state index in [-0.39, 0.29) is 17.4 Å². The van der Waals surface area contributed by atoms with Crippen LogP contribution in [-0.2, 0) is 21.2 Å². The van der Waals surface area contributed by atoms with Crippen molar-refractivity contribution in [3.63, 3.8) is 0 Å². The standard InChI is InChI=1S/C16H25BrN2O3S2/c1-2-3-4-11-24(21,22)13-16(20)19-9-7-18(8-10-19)12-14-5-6-15(17)23-14/h5-6H,2-4,7-13H2,1H3. The molecule has 0 unspecified atom stereocenters. The minimum Gasteiger partial charge on any atom is -0.339 e. The highest BCUT2D eigenvalue weighted by Crippen LogP contribution is 2.23.